The standard InChI is InChI=1S/C14H11Cl2O2S/c1-10-5-7-11(8-6-10)19(17,18)9-12-13(15)3-2-4-14(12)16/h2-9H,1H3. The Balaban J connectivity index is 2.39. The molecular weight excluding hydrogens is 303 g/mol. The van der Waals surface area contributed by atoms with Gasteiger partial charge in [-0.15, -0.1) is 0 Å². The van der Waals surface area contributed by atoms with Gasteiger partial charge in [0.05, 0.1) is 4.90 Å². The van der Waals surface area contributed by atoms with E-state index in [0.29, 0.717) is 15.6 Å². The minimum absolute atomic E-state index is 0.217. The molecular formula is C14H11Cl2O2S. The second-order valence-electron chi connectivity index (χ2n) is 4.11. The Hall–Kier alpha value is -1.03. The summed E-state index contributed by atoms with van der Waals surface area (Å²) in [4.78, 5) is 0.217. The van der Waals surface area contributed by atoms with Crippen LogP contribution in [-0.2, 0) is 9.84 Å². The van der Waals surface area contributed by atoms with Crippen molar-refractivity contribution < 1.29 is 8.42 Å². The number of halogens is 2. The smallest absolute Gasteiger partial charge is 0.187 e. The van der Waals surface area contributed by atoms with E-state index in [9.17, 15) is 8.42 Å². The molecule has 0 aliphatic rings. The highest BCUT2D eigenvalue weighted by Crippen LogP contribution is 2.29. The second kappa shape index (κ2) is 5.53. The molecule has 0 fully saturated rings. The number of hydrogen-bond donors (Lipinski definition) is 0. The molecule has 0 N–H and O–H groups in total. The maximum atomic E-state index is 12.2. The third kappa shape index (κ3) is 3.30. The summed E-state index contributed by atoms with van der Waals surface area (Å²) in [6.07, 6.45) is 0. The van der Waals surface area contributed by atoms with E-state index in [0.717, 1.165) is 11.3 Å². The lowest BCUT2D eigenvalue weighted by Crippen LogP contribution is -2.03. The molecule has 2 nitrogen and oxygen atoms in total. The van der Waals surface area contributed by atoms with E-state index in [1.807, 2.05) is 6.92 Å². The van der Waals surface area contributed by atoms with Gasteiger partial charge in [-0.1, -0.05) is 47.0 Å². The van der Waals surface area contributed by atoms with Crippen molar-refractivity contribution in [1.82, 2.24) is 0 Å². The topological polar surface area (TPSA) is 34.1 Å². The third-order valence-electron chi connectivity index (χ3n) is 2.62. The largest absolute Gasteiger partial charge is 0.223 e. The average Bonchev–Trinajstić information content (AvgIpc) is 2.35. The molecule has 0 saturated heterocycles. The van der Waals surface area contributed by atoms with Crippen molar-refractivity contribution in [3.05, 3.63) is 69.4 Å². The summed E-state index contributed by atoms with van der Waals surface area (Å²) in [6, 6.07) is 11.5. The molecule has 0 unspecified atom stereocenters. The van der Waals surface area contributed by atoms with Gasteiger partial charge in [-0.25, -0.2) is 8.42 Å². The highest BCUT2D eigenvalue weighted by Gasteiger charge is 2.19. The van der Waals surface area contributed by atoms with E-state index in [2.05, 4.69) is 0 Å². The molecule has 19 heavy (non-hydrogen) atoms. The Morgan fingerprint density at radius 3 is 2.00 bits per heavy atom. The van der Waals surface area contributed by atoms with Gasteiger partial charge in [0, 0.05) is 15.6 Å². The van der Waals surface area contributed by atoms with Crippen molar-refractivity contribution in [2.75, 3.05) is 0 Å². The Morgan fingerprint density at radius 2 is 1.47 bits per heavy atom. The molecule has 0 spiro atoms. The number of sulfone groups is 1. The monoisotopic (exact) mass is 313 g/mol. The fraction of sp³-hybridized carbons (Fsp3) is 0.0714. The Bertz CT molecular complexity index is 672. The van der Waals surface area contributed by atoms with Crippen LogP contribution < -0.4 is 0 Å². The first-order valence-corrected chi connectivity index (χ1v) is 7.81. The summed E-state index contributed by atoms with van der Waals surface area (Å²) >= 11 is 11.9. The van der Waals surface area contributed by atoms with Crippen LogP contribution in [0.25, 0.3) is 0 Å². The molecule has 0 bridgehead atoms. The Kier molecular flexibility index (Phi) is 4.19. The minimum atomic E-state index is -3.57. The Labute approximate surface area is 122 Å². The van der Waals surface area contributed by atoms with Crippen LogP contribution in [-0.4, -0.2) is 8.42 Å². The van der Waals surface area contributed by atoms with Crippen LogP contribution in [0.4, 0.5) is 0 Å². The van der Waals surface area contributed by atoms with Gasteiger partial charge in [-0.3, -0.25) is 0 Å². The maximum Gasteiger partial charge on any atom is 0.187 e. The van der Waals surface area contributed by atoms with Crippen molar-refractivity contribution in [3.63, 3.8) is 0 Å². The number of rotatable bonds is 3. The van der Waals surface area contributed by atoms with Gasteiger partial charge in [0.25, 0.3) is 0 Å². The van der Waals surface area contributed by atoms with Gasteiger partial charge in [0.2, 0.25) is 0 Å². The van der Waals surface area contributed by atoms with Crippen LogP contribution in [0.2, 0.25) is 10.0 Å². The molecule has 1 radical (unpaired) electrons. The molecule has 2 aromatic carbocycles. The first-order valence-electron chi connectivity index (χ1n) is 5.51. The molecule has 0 aliphatic heterocycles. The molecule has 2 aromatic rings. The van der Waals surface area contributed by atoms with E-state index in [-0.39, 0.29) is 4.90 Å². The number of aryl methyl sites for hydroxylation is 1. The Morgan fingerprint density at radius 1 is 0.947 bits per heavy atom. The van der Waals surface area contributed by atoms with E-state index in [1.54, 1.807) is 42.5 Å². The quantitative estimate of drug-likeness (QED) is 0.847. The van der Waals surface area contributed by atoms with Crippen LogP contribution in [0.15, 0.2) is 47.4 Å². The first-order chi connectivity index (χ1) is 8.90. The first kappa shape index (κ1) is 14.4. The van der Waals surface area contributed by atoms with Crippen molar-refractivity contribution in [1.29, 1.82) is 0 Å². The summed E-state index contributed by atoms with van der Waals surface area (Å²) < 4.78 is 24.5. The van der Waals surface area contributed by atoms with Crippen LogP contribution >= 0.6 is 23.2 Å². The molecule has 0 aliphatic carbocycles. The predicted molar refractivity (Wildman–Crippen MR) is 78.2 cm³/mol. The van der Waals surface area contributed by atoms with Gasteiger partial charge < -0.3 is 0 Å². The molecule has 0 aromatic heterocycles. The van der Waals surface area contributed by atoms with Gasteiger partial charge in [-0.2, -0.15) is 0 Å². The normalized spacial score (nSPS) is 11.5. The van der Waals surface area contributed by atoms with Crippen molar-refractivity contribution >= 4 is 33.0 Å². The summed E-state index contributed by atoms with van der Waals surface area (Å²) in [5, 5.41) is 0.617. The zero-order valence-corrected chi connectivity index (χ0v) is 12.4. The predicted octanol–water partition coefficient (Wildman–Crippen LogP) is 4.29. The fourth-order valence-corrected chi connectivity index (χ4v) is 3.43. The second-order valence-corrected chi connectivity index (χ2v) is 6.72. The van der Waals surface area contributed by atoms with E-state index in [4.69, 9.17) is 23.2 Å². The molecule has 2 rings (SSSR count). The average molecular weight is 314 g/mol. The minimum Gasteiger partial charge on any atom is -0.223 e. The summed E-state index contributed by atoms with van der Waals surface area (Å²) in [5.74, 6) is 1.10. The lowest BCUT2D eigenvalue weighted by molar-refractivity contribution is 0.602. The van der Waals surface area contributed by atoms with Crippen molar-refractivity contribution in [2.24, 2.45) is 0 Å². The SMILES string of the molecule is Cc1ccc(S(=O)(=O)[CH]c2c(Cl)cccc2Cl)cc1. The highest BCUT2D eigenvalue weighted by atomic mass is 35.5. The summed E-state index contributed by atoms with van der Waals surface area (Å²) in [7, 11) is -3.57. The summed E-state index contributed by atoms with van der Waals surface area (Å²) in [5.41, 5.74) is 1.31. The zero-order valence-electron chi connectivity index (χ0n) is 10.1. The molecule has 5 heteroatoms. The highest BCUT2D eigenvalue weighted by molar-refractivity contribution is 7.93. The molecule has 99 valence electrons. The van der Waals surface area contributed by atoms with E-state index in [1.165, 1.54) is 0 Å². The summed E-state index contributed by atoms with van der Waals surface area (Å²) in [6.45, 7) is 1.89. The van der Waals surface area contributed by atoms with Crippen LogP contribution in [0.3, 0.4) is 0 Å². The molecule has 0 heterocycles. The van der Waals surface area contributed by atoms with Gasteiger partial charge in [-0.05, 0) is 31.2 Å². The number of hydrogen-bond acceptors (Lipinski definition) is 2. The van der Waals surface area contributed by atoms with Crippen molar-refractivity contribution in [2.45, 2.75) is 11.8 Å². The molecule has 0 amide bonds. The maximum absolute atomic E-state index is 12.2. The van der Waals surface area contributed by atoms with E-state index >= 15 is 0 Å². The molecule has 0 saturated carbocycles. The van der Waals surface area contributed by atoms with Crippen LogP contribution in [0, 0.1) is 12.7 Å². The number of benzene rings is 2. The van der Waals surface area contributed by atoms with Crippen molar-refractivity contribution in [3.8, 4) is 0 Å². The van der Waals surface area contributed by atoms with Crippen LogP contribution in [0.1, 0.15) is 11.1 Å². The zero-order chi connectivity index (χ0) is 14.0. The fourth-order valence-electron chi connectivity index (χ4n) is 1.57. The van der Waals surface area contributed by atoms with Gasteiger partial charge >= 0.3 is 0 Å². The van der Waals surface area contributed by atoms with Gasteiger partial charge in [0.1, 0.15) is 5.75 Å². The third-order valence-corrected chi connectivity index (χ3v) is 4.76. The molecule has 0 atom stereocenters. The van der Waals surface area contributed by atoms with Crippen LogP contribution in [0.5, 0.6) is 0 Å². The lowest BCUT2D eigenvalue weighted by atomic mass is 10.2. The lowest BCUT2D eigenvalue weighted by Gasteiger charge is -2.08. The van der Waals surface area contributed by atoms with Gasteiger partial charge in [0.15, 0.2) is 9.84 Å². The van der Waals surface area contributed by atoms with E-state index < -0.39 is 9.84 Å².